The molecule has 64 heavy (non-hydrogen) atoms. The average molecular weight is 833 g/mol. The van der Waals surface area contributed by atoms with E-state index in [4.69, 9.17) is 19.4 Å². The Bertz CT molecular complexity index is 3320. The summed E-state index contributed by atoms with van der Waals surface area (Å²) in [5.41, 5.74) is 13.7. The van der Waals surface area contributed by atoms with Crippen LogP contribution < -0.4 is 0 Å². The zero-order valence-corrected chi connectivity index (χ0v) is 36.1. The molecule has 2 aliphatic heterocycles. The predicted molar refractivity (Wildman–Crippen MR) is 260 cm³/mol. The van der Waals surface area contributed by atoms with Crippen molar-refractivity contribution >= 4 is 55.4 Å². The number of para-hydroxylation sites is 2. The van der Waals surface area contributed by atoms with Crippen LogP contribution in [0.2, 0.25) is 0 Å². The Balaban J connectivity index is 1.01. The molecular weight excluding hydrogens is 789 g/mol. The number of benzene rings is 6. The lowest BCUT2D eigenvalue weighted by atomic mass is 9.99. The van der Waals surface area contributed by atoms with Crippen molar-refractivity contribution in [3.05, 3.63) is 181 Å². The summed E-state index contributed by atoms with van der Waals surface area (Å²) >= 11 is 0. The van der Waals surface area contributed by atoms with E-state index >= 15 is 0 Å². The first-order valence-corrected chi connectivity index (χ1v) is 21.9. The minimum Gasteiger partial charge on any atom is -0.468 e. The largest absolute Gasteiger partial charge is 0.468 e. The van der Waals surface area contributed by atoms with Gasteiger partial charge in [0.2, 0.25) is 11.8 Å². The van der Waals surface area contributed by atoms with Gasteiger partial charge >= 0.3 is 0 Å². The van der Waals surface area contributed by atoms with Crippen LogP contribution in [0.4, 0.5) is 0 Å². The van der Waals surface area contributed by atoms with Crippen LogP contribution in [0.1, 0.15) is 39.1 Å². The van der Waals surface area contributed by atoms with Crippen LogP contribution in [0.3, 0.4) is 0 Å². The van der Waals surface area contributed by atoms with Gasteiger partial charge < -0.3 is 18.6 Å². The van der Waals surface area contributed by atoms with Crippen molar-refractivity contribution in [2.45, 2.75) is 38.9 Å². The van der Waals surface area contributed by atoms with Gasteiger partial charge in [-0.05, 0) is 136 Å². The van der Waals surface area contributed by atoms with Gasteiger partial charge in [0.05, 0.1) is 46.5 Å². The van der Waals surface area contributed by atoms with E-state index in [-0.39, 0.29) is 11.2 Å². The van der Waals surface area contributed by atoms with Crippen LogP contribution in [0, 0.1) is 0 Å². The van der Waals surface area contributed by atoms with E-state index in [2.05, 4.69) is 192 Å². The van der Waals surface area contributed by atoms with Crippen LogP contribution in [-0.4, -0.2) is 55.2 Å². The Morgan fingerprint density at radius 2 is 0.719 bits per heavy atom. The van der Waals surface area contributed by atoms with Crippen LogP contribution >= 0.6 is 0 Å². The van der Waals surface area contributed by atoms with Crippen molar-refractivity contribution in [1.29, 1.82) is 0 Å². The Labute approximate surface area is 370 Å². The second-order valence-electron chi connectivity index (χ2n) is 18.1. The molecule has 12 rings (SSSR count). The molecular formula is C56H44N6O2. The molecule has 0 bridgehead atoms. The second-order valence-corrected chi connectivity index (χ2v) is 18.1. The van der Waals surface area contributed by atoms with Gasteiger partial charge in [0.25, 0.3) is 0 Å². The van der Waals surface area contributed by atoms with Crippen LogP contribution in [0.5, 0.6) is 0 Å². The lowest BCUT2D eigenvalue weighted by molar-refractivity contribution is 0.130. The summed E-state index contributed by atoms with van der Waals surface area (Å²) < 4.78 is 17.0. The minimum atomic E-state index is -0.335. The van der Waals surface area contributed by atoms with E-state index in [0.29, 0.717) is 24.9 Å². The molecule has 0 unspecified atom stereocenters. The number of aliphatic imine (C=N–C) groups is 2. The molecule has 0 N–H and O–H groups in total. The molecule has 0 saturated carbocycles. The molecule has 10 aromatic rings. The van der Waals surface area contributed by atoms with E-state index in [1.165, 1.54) is 10.8 Å². The maximum Gasteiger partial charge on any atom is 0.236 e. The monoisotopic (exact) mass is 832 g/mol. The molecule has 0 fully saturated rings. The predicted octanol–water partition coefficient (Wildman–Crippen LogP) is 12.8. The Morgan fingerprint density at radius 3 is 1.08 bits per heavy atom. The van der Waals surface area contributed by atoms with Gasteiger partial charge in [-0.2, -0.15) is 0 Å². The molecule has 6 aromatic carbocycles. The fourth-order valence-electron chi connectivity index (χ4n) is 9.31. The van der Waals surface area contributed by atoms with E-state index in [9.17, 15) is 0 Å². The van der Waals surface area contributed by atoms with Crippen molar-refractivity contribution in [3.8, 4) is 45.0 Å². The highest BCUT2D eigenvalue weighted by Crippen LogP contribution is 2.40. The maximum absolute atomic E-state index is 6.16. The first-order chi connectivity index (χ1) is 31.1. The summed E-state index contributed by atoms with van der Waals surface area (Å²) in [4.78, 5) is 19.5. The molecule has 2 aliphatic rings. The molecule has 0 radical (unpaired) electrons. The Hall–Kier alpha value is -7.84. The third-order valence-electron chi connectivity index (χ3n) is 12.4. The normalized spacial score (nSPS) is 15.4. The maximum atomic E-state index is 6.16. The van der Waals surface area contributed by atoms with Gasteiger partial charge in [0, 0.05) is 44.0 Å². The van der Waals surface area contributed by atoms with Crippen molar-refractivity contribution in [2.75, 3.05) is 13.1 Å². The number of ether oxygens (including phenoxy) is 2. The summed E-state index contributed by atoms with van der Waals surface area (Å²) in [5.74, 6) is 1.19. The zero-order valence-electron chi connectivity index (χ0n) is 36.1. The summed E-state index contributed by atoms with van der Waals surface area (Å²) in [6.45, 7) is 9.44. The van der Waals surface area contributed by atoms with E-state index in [1.807, 2.05) is 24.3 Å². The molecule has 0 atom stereocenters. The zero-order chi connectivity index (χ0) is 43.2. The van der Waals surface area contributed by atoms with Crippen molar-refractivity contribution in [2.24, 2.45) is 9.98 Å². The molecule has 0 saturated heterocycles. The first kappa shape index (κ1) is 37.9. The molecule has 6 heterocycles. The fourth-order valence-corrected chi connectivity index (χ4v) is 9.31. The molecule has 310 valence electrons. The summed E-state index contributed by atoms with van der Waals surface area (Å²) in [6, 6.07) is 60.4. The second kappa shape index (κ2) is 14.4. The molecule has 8 heteroatoms. The number of rotatable bonds is 7. The molecule has 0 aliphatic carbocycles. The topological polar surface area (TPSA) is 78.8 Å². The molecule has 0 spiro atoms. The minimum absolute atomic E-state index is 0.335. The number of fused-ring (bicyclic) bond motifs is 6. The van der Waals surface area contributed by atoms with Gasteiger partial charge in [-0.25, -0.2) is 20.0 Å². The SMILES string of the molecule is CC1(C)CN=C(c2cccc(-c3ccc4c(c3)c3cc(-c5ccc6c(c5)c5cc(-c7cccc(C8=NCC(C)(C)O8)n7)ccc5n6-c5ccccc5)ccc3n4-c3ccccc3)n2)O1. The third kappa shape index (κ3) is 6.44. The number of nitrogens with zero attached hydrogens (tertiary/aromatic N) is 6. The Morgan fingerprint density at radius 1 is 0.375 bits per heavy atom. The molecule has 4 aromatic heterocycles. The highest BCUT2D eigenvalue weighted by molar-refractivity contribution is 6.14. The van der Waals surface area contributed by atoms with Crippen LogP contribution in [0.25, 0.3) is 88.6 Å². The van der Waals surface area contributed by atoms with Gasteiger partial charge in [0.1, 0.15) is 22.6 Å². The molecule has 0 amide bonds. The number of pyridine rings is 2. The molecule has 8 nitrogen and oxygen atoms in total. The fraction of sp³-hybridized carbons (Fsp3) is 0.143. The third-order valence-corrected chi connectivity index (χ3v) is 12.4. The number of aromatic nitrogens is 4. The quantitative estimate of drug-likeness (QED) is 0.160. The van der Waals surface area contributed by atoms with Crippen LogP contribution in [0.15, 0.2) is 180 Å². The average Bonchev–Trinajstić information content (AvgIpc) is 4.08. The van der Waals surface area contributed by atoms with Gasteiger partial charge in [0.15, 0.2) is 0 Å². The van der Waals surface area contributed by atoms with Crippen molar-refractivity contribution in [3.63, 3.8) is 0 Å². The van der Waals surface area contributed by atoms with Gasteiger partial charge in [-0.15, -0.1) is 0 Å². The Kier molecular flexibility index (Phi) is 8.50. The van der Waals surface area contributed by atoms with Gasteiger partial charge in [-0.1, -0.05) is 72.8 Å². The van der Waals surface area contributed by atoms with E-state index in [1.54, 1.807) is 0 Å². The highest BCUT2D eigenvalue weighted by atomic mass is 16.5. The van der Waals surface area contributed by atoms with E-state index in [0.717, 1.165) is 89.2 Å². The van der Waals surface area contributed by atoms with Crippen molar-refractivity contribution < 1.29 is 9.47 Å². The highest BCUT2D eigenvalue weighted by Gasteiger charge is 2.30. The summed E-state index contributed by atoms with van der Waals surface area (Å²) in [6.07, 6.45) is 0. The van der Waals surface area contributed by atoms with Gasteiger partial charge in [-0.3, -0.25) is 0 Å². The first-order valence-electron chi connectivity index (χ1n) is 21.9. The number of hydrogen-bond donors (Lipinski definition) is 0. The van der Waals surface area contributed by atoms with E-state index < -0.39 is 0 Å². The number of hydrogen-bond acceptors (Lipinski definition) is 6. The summed E-state index contributed by atoms with van der Waals surface area (Å²) in [7, 11) is 0. The van der Waals surface area contributed by atoms with Crippen molar-refractivity contribution in [1.82, 2.24) is 19.1 Å². The lowest BCUT2D eigenvalue weighted by Crippen LogP contribution is -2.24. The summed E-state index contributed by atoms with van der Waals surface area (Å²) in [5, 5.41) is 4.64. The lowest BCUT2D eigenvalue weighted by Gasteiger charge is -2.17. The standard InChI is InChI=1S/C56H44N6O2/c1-55(2)33-57-53(63-55)47-19-11-17-45(59-47)37-23-27-51-43(31-37)41-29-35(21-25-49(41)61(51)39-13-7-5-8-14-39)36-22-26-50-42(30-36)44-32-38(24-28-52(44)62(50)40-15-9-6-10-16-40)46-18-12-20-48(60-46)54-58-34-56(3,4)64-54/h5-32H,33-34H2,1-4H3. The van der Waals surface area contributed by atoms with Crippen LogP contribution in [-0.2, 0) is 9.47 Å². The smallest absolute Gasteiger partial charge is 0.236 e.